The molecule has 0 saturated carbocycles. The number of esters is 2. The minimum atomic E-state index is -0.417. The van der Waals surface area contributed by atoms with Crippen LogP contribution in [0, 0.1) is 0 Å². The lowest BCUT2D eigenvalue weighted by Crippen LogP contribution is -2.15. The molecule has 0 atom stereocenters. The van der Waals surface area contributed by atoms with E-state index in [1.54, 1.807) is 0 Å². The summed E-state index contributed by atoms with van der Waals surface area (Å²) in [6.07, 6.45) is 0.896. The topological polar surface area (TPSA) is 89.5 Å². The van der Waals surface area contributed by atoms with Gasteiger partial charge in [-0.15, -0.1) is 0 Å². The minimum absolute atomic E-state index is 0.114. The van der Waals surface area contributed by atoms with Crippen LogP contribution in [0.2, 0.25) is 0 Å². The molecule has 0 spiro atoms. The summed E-state index contributed by atoms with van der Waals surface area (Å²) in [4.78, 5) is 22.9. The largest absolute Gasteiger partial charge is 0.438 e. The van der Waals surface area contributed by atoms with Gasteiger partial charge in [0.2, 0.25) is 0 Å². The Bertz CT molecular complexity index is 312. The highest BCUT2D eigenvalue weighted by Crippen LogP contribution is 2.00. The molecule has 148 valence electrons. The number of hydrogen-bond acceptors (Lipinski definition) is 8. The van der Waals surface area contributed by atoms with Crippen molar-refractivity contribution in [3.63, 3.8) is 0 Å². The van der Waals surface area contributed by atoms with E-state index in [4.69, 9.17) is 28.4 Å². The van der Waals surface area contributed by atoms with E-state index in [0.29, 0.717) is 32.8 Å². The number of ether oxygens (including phenoxy) is 6. The maximum Gasteiger partial charge on any atom is 0.307 e. The molecule has 8 heteroatoms. The second-order valence-corrected chi connectivity index (χ2v) is 5.78. The second-order valence-electron chi connectivity index (χ2n) is 5.78. The quantitative estimate of drug-likeness (QED) is 0.233. The summed E-state index contributed by atoms with van der Waals surface area (Å²) < 4.78 is 30.5. The molecule has 0 N–H and O–H groups in total. The smallest absolute Gasteiger partial charge is 0.307 e. The van der Waals surface area contributed by atoms with Gasteiger partial charge in [0.15, 0.2) is 13.6 Å². The number of carbonyl (C=O) groups is 2. The Kier molecular flexibility index (Phi) is 15.5. The predicted octanol–water partition coefficient (Wildman–Crippen LogP) is 2.04. The van der Waals surface area contributed by atoms with Crippen LogP contribution in [-0.2, 0) is 38.0 Å². The predicted molar refractivity (Wildman–Crippen MR) is 89.8 cm³/mol. The molecule has 0 bridgehead atoms. The Hall–Kier alpha value is -1.22. The van der Waals surface area contributed by atoms with Gasteiger partial charge in [-0.05, 0) is 34.1 Å². The molecule has 0 amide bonds. The van der Waals surface area contributed by atoms with E-state index in [-0.39, 0.29) is 38.6 Å². The molecule has 0 radical (unpaired) electrons. The van der Waals surface area contributed by atoms with Gasteiger partial charge in [0.05, 0.1) is 38.6 Å². The van der Waals surface area contributed by atoms with E-state index < -0.39 is 11.9 Å². The third kappa shape index (κ3) is 19.0. The molecule has 25 heavy (non-hydrogen) atoms. The molecule has 0 aliphatic carbocycles. The Morgan fingerprint density at radius 3 is 1.44 bits per heavy atom. The molecular formula is C17H32O8. The zero-order valence-corrected chi connectivity index (χ0v) is 15.8. The number of hydrogen-bond donors (Lipinski definition) is 0. The molecule has 0 aromatic rings. The standard InChI is InChI=1S/C17H32O8/c1-14(2)22-10-8-20-12-24-16(18)6-5-7-17(19)25-13-21-9-11-23-15(3)4/h14-15H,5-13H2,1-4H3. The van der Waals surface area contributed by atoms with Gasteiger partial charge in [-0.3, -0.25) is 9.59 Å². The fourth-order valence-electron chi connectivity index (χ4n) is 1.54. The van der Waals surface area contributed by atoms with E-state index in [0.717, 1.165) is 0 Å². The highest BCUT2D eigenvalue weighted by molar-refractivity contribution is 5.72. The lowest BCUT2D eigenvalue weighted by atomic mass is 10.2. The van der Waals surface area contributed by atoms with Crippen LogP contribution in [0.1, 0.15) is 47.0 Å². The van der Waals surface area contributed by atoms with Crippen molar-refractivity contribution < 1.29 is 38.0 Å². The van der Waals surface area contributed by atoms with Crippen molar-refractivity contribution in [1.82, 2.24) is 0 Å². The highest BCUT2D eigenvalue weighted by Gasteiger charge is 2.07. The van der Waals surface area contributed by atoms with Crippen molar-refractivity contribution in [3.8, 4) is 0 Å². The molecule has 0 unspecified atom stereocenters. The first kappa shape index (κ1) is 23.8. The fourth-order valence-corrected chi connectivity index (χ4v) is 1.54. The van der Waals surface area contributed by atoms with Crippen LogP contribution in [0.15, 0.2) is 0 Å². The number of carbonyl (C=O) groups excluding carboxylic acids is 2. The lowest BCUT2D eigenvalue weighted by molar-refractivity contribution is -0.159. The maximum atomic E-state index is 11.4. The second kappa shape index (κ2) is 16.3. The Labute approximate surface area is 150 Å². The molecule has 0 heterocycles. The molecule has 0 aliphatic heterocycles. The molecule has 0 fully saturated rings. The van der Waals surface area contributed by atoms with Crippen LogP contribution in [0.4, 0.5) is 0 Å². The Balaban J connectivity index is 3.38. The van der Waals surface area contributed by atoms with Crippen LogP contribution in [0.3, 0.4) is 0 Å². The van der Waals surface area contributed by atoms with Crippen LogP contribution in [0.5, 0.6) is 0 Å². The monoisotopic (exact) mass is 364 g/mol. The first-order valence-corrected chi connectivity index (χ1v) is 8.61. The highest BCUT2D eigenvalue weighted by atomic mass is 16.7. The summed E-state index contributed by atoms with van der Waals surface area (Å²) in [7, 11) is 0. The van der Waals surface area contributed by atoms with E-state index in [1.807, 2.05) is 27.7 Å². The maximum absolute atomic E-state index is 11.4. The summed E-state index contributed by atoms with van der Waals surface area (Å²) in [5.74, 6) is -0.834. The van der Waals surface area contributed by atoms with Crippen LogP contribution < -0.4 is 0 Å². The van der Waals surface area contributed by atoms with Gasteiger partial charge in [-0.2, -0.15) is 0 Å². The van der Waals surface area contributed by atoms with Crippen molar-refractivity contribution in [2.24, 2.45) is 0 Å². The van der Waals surface area contributed by atoms with Gasteiger partial charge < -0.3 is 28.4 Å². The number of rotatable bonds is 16. The molecule has 0 aliphatic rings. The Morgan fingerprint density at radius 1 is 0.680 bits per heavy atom. The summed E-state index contributed by atoms with van der Waals surface area (Å²) in [5, 5.41) is 0. The van der Waals surface area contributed by atoms with E-state index in [2.05, 4.69) is 0 Å². The molecular weight excluding hydrogens is 332 g/mol. The molecule has 0 aromatic carbocycles. The normalized spacial score (nSPS) is 11.1. The van der Waals surface area contributed by atoms with Crippen molar-refractivity contribution in [1.29, 1.82) is 0 Å². The summed E-state index contributed by atoms with van der Waals surface area (Å²) in [6, 6.07) is 0. The average molecular weight is 364 g/mol. The fraction of sp³-hybridized carbons (Fsp3) is 0.882. The summed E-state index contributed by atoms with van der Waals surface area (Å²) in [6.45, 7) is 9.11. The van der Waals surface area contributed by atoms with Crippen molar-refractivity contribution in [3.05, 3.63) is 0 Å². The molecule has 0 saturated heterocycles. The van der Waals surface area contributed by atoms with Gasteiger partial charge in [-0.25, -0.2) is 0 Å². The molecule has 0 rings (SSSR count). The molecule has 0 aromatic heterocycles. The van der Waals surface area contributed by atoms with E-state index >= 15 is 0 Å². The van der Waals surface area contributed by atoms with Gasteiger partial charge in [-0.1, -0.05) is 0 Å². The van der Waals surface area contributed by atoms with Gasteiger partial charge in [0, 0.05) is 12.8 Å². The minimum Gasteiger partial charge on any atom is -0.438 e. The summed E-state index contributed by atoms with van der Waals surface area (Å²) in [5.41, 5.74) is 0. The van der Waals surface area contributed by atoms with Gasteiger partial charge in [0.1, 0.15) is 0 Å². The summed E-state index contributed by atoms with van der Waals surface area (Å²) >= 11 is 0. The molecule has 8 nitrogen and oxygen atoms in total. The SMILES string of the molecule is CC(C)OCCOCOC(=O)CCCC(=O)OCOCCOC(C)C. The average Bonchev–Trinajstić information content (AvgIpc) is 2.53. The van der Waals surface area contributed by atoms with Crippen LogP contribution in [-0.4, -0.2) is 64.2 Å². The van der Waals surface area contributed by atoms with E-state index in [1.165, 1.54) is 0 Å². The van der Waals surface area contributed by atoms with E-state index in [9.17, 15) is 9.59 Å². The Morgan fingerprint density at radius 2 is 1.08 bits per heavy atom. The lowest BCUT2D eigenvalue weighted by Gasteiger charge is -2.09. The van der Waals surface area contributed by atoms with Gasteiger partial charge >= 0.3 is 11.9 Å². The third-order valence-electron chi connectivity index (χ3n) is 2.73. The van der Waals surface area contributed by atoms with Crippen molar-refractivity contribution in [2.75, 3.05) is 40.0 Å². The first-order valence-electron chi connectivity index (χ1n) is 8.61. The zero-order chi connectivity index (χ0) is 18.9. The van der Waals surface area contributed by atoms with Crippen molar-refractivity contribution in [2.45, 2.75) is 59.2 Å². The van der Waals surface area contributed by atoms with Gasteiger partial charge in [0.25, 0.3) is 0 Å². The first-order chi connectivity index (χ1) is 11.9. The van der Waals surface area contributed by atoms with Crippen LogP contribution in [0.25, 0.3) is 0 Å². The van der Waals surface area contributed by atoms with Crippen LogP contribution >= 0.6 is 0 Å². The van der Waals surface area contributed by atoms with Crippen molar-refractivity contribution >= 4 is 11.9 Å². The third-order valence-corrected chi connectivity index (χ3v) is 2.73. The zero-order valence-electron chi connectivity index (χ0n) is 15.8.